The van der Waals surface area contributed by atoms with E-state index in [4.69, 9.17) is 4.74 Å². The molecule has 7 heteroatoms. The van der Waals surface area contributed by atoms with Crippen molar-refractivity contribution in [3.8, 4) is 5.88 Å². The van der Waals surface area contributed by atoms with Crippen molar-refractivity contribution >= 4 is 26.5 Å². The summed E-state index contributed by atoms with van der Waals surface area (Å²) in [5, 5.41) is 1.70. The van der Waals surface area contributed by atoms with E-state index in [1.165, 1.54) is 7.11 Å². The third-order valence-electron chi connectivity index (χ3n) is 4.37. The van der Waals surface area contributed by atoms with Gasteiger partial charge in [-0.15, -0.1) is 0 Å². The van der Waals surface area contributed by atoms with Crippen LogP contribution in [-0.2, 0) is 9.84 Å². The molecule has 1 aliphatic heterocycles. The van der Waals surface area contributed by atoms with Crippen LogP contribution in [0.3, 0.4) is 0 Å². The number of hydrogen-bond donors (Lipinski definition) is 0. The molecular formula is C17H20N2O4S. The molecule has 1 aromatic carbocycles. The van der Waals surface area contributed by atoms with Gasteiger partial charge >= 0.3 is 0 Å². The molecule has 1 amide bonds. The number of carbonyl (C=O) groups is 1. The van der Waals surface area contributed by atoms with Gasteiger partial charge in [-0.3, -0.25) is 4.79 Å². The number of rotatable bonds is 4. The molecule has 1 saturated heterocycles. The minimum absolute atomic E-state index is 0.0251. The quantitative estimate of drug-likeness (QED) is 0.843. The van der Waals surface area contributed by atoms with Gasteiger partial charge < -0.3 is 9.64 Å². The van der Waals surface area contributed by atoms with Gasteiger partial charge in [0, 0.05) is 18.0 Å². The lowest BCUT2D eigenvalue weighted by atomic mass is 10.1. The van der Waals surface area contributed by atoms with E-state index < -0.39 is 9.84 Å². The van der Waals surface area contributed by atoms with Crippen LogP contribution in [0.5, 0.6) is 5.88 Å². The summed E-state index contributed by atoms with van der Waals surface area (Å²) in [5.74, 6) is 0.294. The number of nitrogens with zero attached hydrogens (tertiary/aromatic N) is 2. The van der Waals surface area contributed by atoms with Crippen LogP contribution in [-0.4, -0.2) is 55.4 Å². The van der Waals surface area contributed by atoms with E-state index in [2.05, 4.69) is 4.98 Å². The number of pyridine rings is 1. The first-order valence-electron chi connectivity index (χ1n) is 7.90. The van der Waals surface area contributed by atoms with Gasteiger partial charge in [0.2, 0.25) is 5.88 Å². The molecule has 0 radical (unpaired) electrons. The fraction of sp³-hybridized carbons (Fsp3) is 0.412. The topological polar surface area (TPSA) is 76.6 Å². The highest BCUT2D eigenvalue weighted by Crippen LogP contribution is 2.26. The predicted molar refractivity (Wildman–Crippen MR) is 92.1 cm³/mol. The molecule has 1 atom stereocenters. The number of fused-ring (bicyclic) bond motifs is 1. The molecule has 2 aromatic rings. The van der Waals surface area contributed by atoms with Crippen molar-refractivity contribution in [2.24, 2.45) is 0 Å². The van der Waals surface area contributed by atoms with Crippen molar-refractivity contribution in [3.63, 3.8) is 0 Å². The van der Waals surface area contributed by atoms with Crippen molar-refractivity contribution < 1.29 is 17.9 Å². The monoisotopic (exact) mass is 348 g/mol. The first-order valence-corrected chi connectivity index (χ1v) is 9.72. The van der Waals surface area contributed by atoms with Crippen molar-refractivity contribution in [3.05, 3.63) is 36.0 Å². The molecule has 128 valence electrons. The summed E-state index contributed by atoms with van der Waals surface area (Å²) >= 11 is 0. The standard InChI is InChI=1S/C17H20N2O4S/c1-3-19(13-8-9-24(21,22)11-13)17(20)15-10-12-6-4-5-7-14(12)16(18-15)23-2/h4-7,10,13H,3,8-9,11H2,1-2H3/t13-/m1/s1. The van der Waals surface area contributed by atoms with Crippen LogP contribution in [0.1, 0.15) is 23.8 Å². The fourth-order valence-corrected chi connectivity index (χ4v) is 4.90. The van der Waals surface area contributed by atoms with Crippen molar-refractivity contribution in [2.75, 3.05) is 25.2 Å². The molecule has 0 saturated carbocycles. The zero-order valence-electron chi connectivity index (χ0n) is 13.7. The molecule has 0 aliphatic carbocycles. The summed E-state index contributed by atoms with van der Waals surface area (Å²) < 4.78 is 28.8. The van der Waals surface area contributed by atoms with E-state index in [1.807, 2.05) is 31.2 Å². The number of carbonyl (C=O) groups excluding carboxylic acids is 1. The Morgan fingerprint density at radius 3 is 2.75 bits per heavy atom. The molecule has 1 aromatic heterocycles. The SMILES string of the molecule is CCN(C(=O)c1cc2ccccc2c(OC)n1)[C@@H]1CCS(=O)(=O)C1. The highest BCUT2D eigenvalue weighted by molar-refractivity contribution is 7.91. The third-order valence-corrected chi connectivity index (χ3v) is 6.12. The van der Waals surface area contributed by atoms with Gasteiger partial charge in [0.05, 0.1) is 18.6 Å². The molecule has 0 spiro atoms. The van der Waals surface area contributed by atoms with Crippen LogP contribution < -0.4 is 4.74 Å². The molecule has 1 aliphatic rings. The Labute approximate surface area is 141 Å². The Morgan fingerprint density at radius 2 is 2.12 bits per heavy atom. The fourth-order valence-electron chi connectivity index (χ4n) is 3.17. The van der Waals surface area contributed by atoms with Gasteiger partial charge in [0.25, 0.3) is 5.91 Å². The van der Waals surface area contributed by atoms with Crippen LogP contribution >= 0.6 is 0 Å². The third kappa shape index (κ3) is 3.08. The molecule has 6 nitrogen and oxygen atoms in total. The van der Waals surface area contributed by atoms with Gasteiger partial charge in [-0.25, -0.2) is 13.4 Å². The first-order chi connectivity index (χ1) is 11.4. The lowest BCUT2D eigenvalue weighted by Crippen LogP contribution is -2.41. The molecule has 1 fully saturated rings. The summed E-state index contributed by atoms with van der Waals surface area (Å²) in [5.41, 5.74) is 0.275. The minimum atomic E-state index is -3.05. The maximum Gasteiger partial charge on any atom is 0.272 e. The largest absolute Gasteiger partial charge is 0.481 e. The van der Waals surface area contributed by atoms with Gasteiger partial charge in [0.15, 0.2) is 9.84 Å². The maximum absolute atomic E-state index is 12.9. The molecule has 24 heavy (non-hydrogen) atoms. The Morgan fingerprint density at radius 1 is 1.38 bits per heavy atom. The number of ether oxygens (including phenoxy) is 1. The molecule has 2 heterocycles. The summed E-state index contributed by atoms with van der Waals surface area (Å²) in [6.45, 7) is 2.29. The zero-order valence-corrected chi connectivity index (χ0v) is 14.5. The van der Waals surface area contributed by atoms with Crippen molar-refractivity contribution in [2.45, 2.75) is 19.4 Å². The van der Waals surface area contributed by atoms with E-state index in [-0.39, 0.29) is 29.1 Å². The summed E-state index contributed by atoms with van der Waals surface area (Å²) in [7, 11) is -1.53. The maximum atomic E-state index is 12.9. The van der Waals surface area contributed by atoms with Gasteiger partial charge in [-0.05, 0) is 30.9 Å². The van der Waals surface area contributed by atoms with Crippen LogP contribution in [0.2, 0.25) is 0 Å². The second-order valence-electron chi connectivity index (χ2n) is 5.89. The summed E-state index contributed by atoms with van der Waals surface area (Å²) in [4.78, 5) is 18.8. The normalized spacial score (nSPS) is 19.3. The van der Waals surface area contributed by atoms with Crippen LogP contribution in [0.4, 0.5) is 0 Å². The minimum Gasteiger partial charge on any atom is -0.481 e. The van der Waals surface area contributed by atoms with E-state index in [0.717, 1.165) is 10.8 Å². The summed E-state index contributed by atoms with van der Waals surface area (Å²) in [6.07, 6.45) is 0.479. The number of aromatic nitrogens is 1. The van der Waals surface area contributed by atoms with E-state index in [1.54, 1.807) is 11.0 Å². The van der Waals surface area contributed by atoms with Crippen molar-refractivity contribution in [1.82, 2.24) is 9.88 Å². The number of sulfone groups is 1. The van der Waals surface area contributed by atoms with Gasteiger partial charge in [-0.2, -0.15) is 0 Å². The average Bonchev–Trinajstić information content (AvgIpc) is 2.94. The van der Waals surface area contributed by atoms with Gasteiger partial charge in [-0.1, -0.05) is 18.2 Å². The molecular weight excluding hydrogens is 328 g/mol. The highest BCUT2D eigenvalue weighted by atomic mass is 32.2. The lowest BCUT2D eigenvalue weighted by molar-refractivity contribution is 0.0701. The second-order valence-corrected chi connectivity index (χ2v) is 8.11. The molecule has 0 N–H and O–H groups in total. The Kier molecular flexibility index (Phi) is 4.45. The molecule has 0 bridgehead atoms. The number of amides is 1. The van der Waals surface area contributed by atoms with Crippen LogP contribution in [0, 0.1) is 0 Å². The molecule has 3 rings (SSSR count). The number of hydrogen-bond acceptors (Lipinski definition) is 5. The lowest BCUT2D eigenvalue weighted by Gasteiger charge is -2.26. The van der Waals surface area contributed by atoms with Crippen molar-refractivity contribution in [1.29, 1.82) is 0 Å². The smallest absolute Gasteiger partial charge is 0.272 e. The Bertz CT molecular complexity index is 879. The molecule has 0 unspecified atom stereocenters. The van der Waals surface area contributed by atoms with Gasteiger partial charge in [0.1, 0.15) is 5.69 Å². The predicted octanol–water partition coefficient (Wildman–Crippen LogP) is 1.89. The van der Waals surface area contributed by atoms with E-state index in [9.17, 15) is 13.2 Å². The highest BCUT2D eigenvalue weighted by Gasteiger charge is 2.34. The van der Waals surface area contributed by atoms with E-state index in [0.29, 0.717) is 18.8 Å². The van der Waals surface area contributed by atoms with Crippen LogP contribution in [0.15, 0.2) is 30.3 Å². The first kappa shape index (κ1) is 16.7. The average molecular weight is 348 g/mol. The van der Waals surface area contributed by atoms with Crippen LogP contribution in [0.25, 0.3) is 10.8 Å². The Hall–Kier alpha value is -2.15. The zero-order chi connectivity index (χ0) is 17.3. The number of methoxy groups -OCH3 is 1. The summed E-state index contributed by atoms with van der Waals surface area (Å²) in [6, 6.07) is 8.99. The second kappa shape index (κ2) is 6.39. The van der Waals surface area contributed by atoms with E-state index >= 15 is 0 Å². The Balaban J connectivity index is 1.98. The number of benzene rings is 1.